The van der Waals surface area contributed by atoms with Crippen molar-refractivity contribution in [2.45, 2.75) is 31.2 Å². The first-order valence-corrected chi connectivity index (χ1v) is 10.6. The lowest BCUT2D eigenvalue weighted by molar-refractivity contribution is 0.340. The fourth-order valence-corrected chi connectivity index (χ4v) is 4.03. The summed E-state index contributed by atoms with van der Waals surface area (Å²) in [6.45, 7) is 4.35. The largest absolute Gasteiger partial charge is 0.494 e. The molecule has 0 spiro atoms. The van der Waals surface area contributed by atoms with Crippen molar-refractivity contribution in [3.63, 3.8) is 0 Å². The molecule has 0 aliphatic carbocycles. The second-order valence-electron chi connectivity index (χ2n) is 6.19. The minimum absolute atomic E-state index is 0.151. The van der Waals surface area contributed by atoms with Gasteiger partial charge in [-0.2, -0.15) is 0 Å². The minimum Gasteiger partial charge on any atom is -0.494 e. The van der Waals surface area contributed by atoms with Crippen LogP contribution < -0.4 is 10.3 Å². The maximum Gasteiger partial charge on any atom is 0.254 e. The zero-order valence-electron chi connectivity index (χ0n) is 15.6. The summed E-state index contributed by atoms with van der Waals surface area (Å²) < 4.78 is 5.46. The molecule has 7 heteroatoms. The minimum atomic E-state index is -0.151. The number of hydrogen-bond acceptors (Lipinski definition) is 4. The SMILES string of the molecule is CCOc1ccc(CSc2nc(Cc3c(Cl)cccc3Cl)c(C)c(=O)[nH]2)cc1. The van der Waals surface area contributed by atoms with Gasteiger partial charge in [-0.05, 0) is 49.2 Å². The Kier molecular flexibility index (Phi) is 7.05. The summed E-state index contributed by atoms with van der Waals surface area (Å²) in [5, 5.41) is 1.71. The summed E-state index contributed by atoms with van der Waals surface area (Å²) in [6.07, 6.45) is 0.408. The number of thioether (sulfide) groups is 1. The predicted octanol–water partition coefficient (Wildman–Crippen LogP) is 5.67. The van der Waals surface area contributed by atoms with Crippen LogP contribution in [0.1, 0.15) is 29.3 Å². The van der Waals surface area contributed by atoms with Gasteiger partial charge in [0.2, 0.25) is 0 Å². The Morgan fingerprint density at radius 2 is 1.79 bits per heavy atom. The number of hydrogen-bond donors (Lipinski definition) is 1. The molecule has 4 nitrogen and oxygen atoms in total. The van der Waals surface area contributed by atoms with Crippen molar-refractivity contribution in [2.75, 3.05) is 6.61 Å². The van der Waals surface area contributed by atoms with Crippen molar-refractivity contribution in [1.29, 1.82) is 0 Å². The fourth-order valence-electron chi connectivity index (χ4n) is 2.67. The molecular weight excluding hydrogens is 415 g/mol. The van der Waals surface area contributed by atoms with Crippen molar-refractivity contribution in [3.05, 3.63) is 85.2 Å². The maximum atomic E-state index is 12.4. The second kappa shape index (κ2) is 9.50. The van der Waals surface area contributed by atoms with E-state index >= 15 is 0 Å². The first kappa shape index (κ1) is 20.8. The summed E-state index contributed by atoms with van der Waals surface area (Å²) >= 11 is 14.0. The molecule has 0 aliphatic rings. The van der Waals surface area contributed by atoms with Gasteiger partial charge in [-0.25, -0.2) is 4.98 Å². The topological polar surface area (TPSA) is 55.0 Å². The Bertz CT molecular complexity index is 1000. The Balaban J connectivity index is 1.78. The molecule has 1 heterocycles. The molecule has 0 saturated carbocycles. The third kappa shape index (κ3) is 5.10. The highest BCUT2D eigenvalue weighted by Crippen LogP contribution is 2.27. The molecule has 0 amide bonds. The van der Waals surface area contributed by atoms with Gasteiger partial charge in [0, 0.05) is 27.8 Å². The summed E-state index contributed by atoms with van der Waals surface area (Å²) in [6, 6.07) is 13.3. The second-order valence-corrected chi connectivity index (χ2v) is 7.96. The van der Waals surface area contributed by atoms with Crippen LogP contribution in [0.25, 0.3) is 0 Å². The van der Waals surface area contributed by atoms with Gasteiger partial charge in [0.1, 0.15) is 5.75 Å². The number of nitrogens with one attached hydrogen (secondary N) is 1. The van der Waals surface area contributed by atoms with Crippen molar-refractivity contribution in [3.8, 4) is 5.75 Å². The normalized spacial score (nSPS) is 10.9. The van der Waals surface area contributed by atoms with Gasteiger partial charge in [-0.3, -0.25) is 4.79 Å². The highest BCUT2D eigenvalue weighted by Gasteiger charge is 2.13. The highest BCUT2D eigenvalue weighted by atomic mass is 35.5. The van der Waals surface area contributed by atoms with Crippen LogP contribution in [-0.2, 0) is 12.2 Å². The van der Waals surface area contributed by atoms with E-state index in [9.17, 15) is 4.79 Å². The number of aromatic amines is 1. The number of H-pyrrole nitrogens is 1. The molecule has 3 rings (SSSR count). The average Bonchev–Trinajstić information content (AvgIpc) is 2.68. The first-order valence-electron chi connectivity index (χ1n) is 8.85. The van der Waals surface area contributed by atoms with E-state index in [4.69, 9.17) is 27.9 Å². The zero-order chi connectivity index (χ0) is 20.1. The molecule has 0 radical (unpaired) electrons. The van der Waals surface area contributed by atoms with Gasteiger partial charge < -0.3 is 9.72 Å². The first-order chi connectivity index (χ1) is 13.5. The lowest BCUT2D eigenvalue weighted by atomic mass is 10.1. The van der Waals surface area contributed by atoms with Crippen molar-refractivity contribution in [2.24, 2.45) is 0 Å². The van der Waals surface area contributed by atoms with Crippen LogP contribution in [0.4, 0.5) is 0 Å². The van der Waals surface area contributed by atoms with E-state index in [1.54, 1.807) is 25.1 Å². The molecule has 1 aromatic heterocycles. The van der Waals surface area contributed by atoms with Crippen LogP contribution >= 0.6 is 35.0 Å². The van der Waals surface area contributed by atoms with Gasteiger partial charge in [-0.1, -0.05) is 53.2 Å². The lowest BCUT2D eigenvalue weighted by Gasteiger charge is -2.10. The summed E-state index contributed by atoms with van der Waals surface area (Å²) in [5.74, 6) is 1.53. The molecule has 146 valence electrons. The third-order valence-electron chi connectivity index (χ3n) is 4.25. The van der Waals surface area contributed by atoms with E-state index < -0.39 is 0 Å². The van der Waals surface area contributed by atoms with Crippen LogP contribution in [0.2, 0.25) is 10.0 Å². The predicted molar refractivity (Wildman–Crippen MR) is 116 cm³/mol. The number of nitrogens with zero attached hydrogens (tertiary/aromatic N) is 1. The van der Waals surface area contributed by atoms with E-state index in [1.807, 2.05) is 31.2 Å². The van der Waals surface area contributed by atoms with Gasteiger partial charge in [0.05, 0.1) is 12.3 Å². The summed E-state index contributed by atoms with van der Waals surface area (Å²) in [4.78, 5) is 19.8. The number of halogens is 2. The van der Waals surface area contributed by atoms with E-state index in [1.165, 1.54) is 11.8 Å². The monoisotopic (exact) mass is 434 g/mol. The zero-order valence-corrected chi connectivity index (χ0v) is 17.9. The Morgan fingerprint density at radius 3 is 2.43 bits per heavy atom. The molecule has 0 bridgehead atoms. The molecule has 1 N–H and O–H groups in total. The standard InChI is InChI=1S/C21H20Cl2N2O2S/c1-3-27-15-9-7-14(8-10-15)12-28-21-24-19(13(2)20(26)25-21)11-16-17(22)5-4-6-18(16)23/h4-10H,3,11-12H2,1-2H3,(H,24,25,26). The van der Waals surface area contributed by atoms with Crippen LogP contribution in [0.15, 0.2) is 52.4 Å². The van der Waals surface area contributed by atoms with Crippen LogP contribution in [0.3, 0.4) is 0 Å². The quantitative estimate of drug-likeness (QED) is 0.384. The molecule has 0 aliphatic heterocycles. The molecule has 28 heavy (non-hydrogen) atoms. The van der Waals surface area contributed by atoms with Gasteiger partial charge >= 0.3 is 0 Å². The molecular formula is C21H20Cl2N2O2S. The van der Waals surface area contributed by atoms with E-state index in [0.29, 0.717) is 45.2 Å². The van der Waals surface area contributed by atoms with Crippen LogP contribution in [-0.4, -0.2) is 16.6 Å². The van der Waals surface area contributed by atoms with Crippen LogP contribution in [0.5, 0.6) is 5.75 Å². The molecule has 0 fully saturated rings. The van der Waals surface area contributed by atoms with E-state index in [-0.39, 0.29) is 5.56 Å². The lowest BCUT2D eigenvalue weighted by Crippen LogP contribution is -2.16. The summed E-state index contributed by atoms with van der Waals surface area (Å²) in [5.41, 5.74) is 2.98. The van der Waals surface area contributed by atoms with Crippen molar-refractivity contribution >= 4 is 35.0 Å². The molecule has 2 aromatic carbocycles. The molecule has 3 aromatic rings. The Morgan fingerprint density at radius 1 is 1.11 bits per heavy atom. The number of benzene rings is 2. The Hall–Kier alpha value is -1.95. The van der Waals surface area contributed by atoms with Gasteiger partial charge in [0.15, 0.2) is 5.16 Å². The fraction of sp³-hybridized carbons (Fsp3) is 0.238. The smallest absolute Gasteiger partial charge is 0.254 e. The Labute approximate surface area is 178 Å². The molecule has 0 unspecified atom stereocenters. The third-order valence-corrected chi connectivity index (χ3v) is 5.90. The van der Waals surface area contributed by atoms with E-state index in [0.717, 1.165) is 16.9 Å². The number of ether oxygens (including phenoxy) is 1. The van der Waals surface area contributed by atoms with Gasteiger partial charge in [0.25, 0.3) is 5.56 Å². The van der Waals surface area contributed by atoms with Gasteiger partial charge in [-0.15, -0.1) is 0 Å². The number of rotatable bonds is 7. The summed E-state index contributed by atoms with van der Waals surface area (Å²) in [7, 11) is 0. The van der Waals surface area contributed by atoms with Crippen molar-refractivity contribution < 1.29 is 4.74 Å². The van der Waals surface area contributed by atoms with E-state index in [2.05, 4.69) is 9.97 Å². The highest BCUT2D eigenvalue weighted by molar-refractivity contribution is 7.98. The van der Waals surface area contributed by atoms with Crippen molar-refractivity contribution in [1.82, 2.24) is 9.97 Å². The average molecular weight is 435 g/mol. The molecule has 0 atom stereocenters. The maximum absolute atomic E-state index is 12.4. The van der Waals surface area contributed by atoms with Crippen LogP contribution in [0, 0.1) is 6.92 Å². The number of aromatic nitrogens is 2. The molecule has 0 saturated heterocycles.